The predicted molar refractivity (Wildman–Crippen MR) is 70.1 cm³/mol. The number of ether oxygens (including phenoxy) is 1. The second-order valence-electron chi connectivity index (χ2n) is 5.42. The zero-order valence-corrected chi connectivity index (χ0v) is 12.2. The van der Waals surface area contributed by atoms with Crippen LogP contribution in [0, 0.1) is 6.92 Å². The Hall–Kier alpha value is -0.910. The molecule has 5 heteroatoms. The summed E-state index contributed by atoms with van der Waals surface area (Å²) < 4.78 is 5.90. The van der Waals surface area contributed by atoms with E-state index in [0.717, 1.165) is 10.4 Å². The van der Waals surface area contributed by atoms with E-state index in [1.54, 1.807) is 32.1 Å². The number of hydrogen-bond donors (Lipinski definition) is 1. The molecule has 1 aliphatic rings. The number of carbonyl (C=O) groups is 1. The van der Waals surface area contributed by atoms with Crippen LogP contribution in [0.2, 0.25) is 0 Å². The van der Waals surface area contributed by atoms with Gasteiger partial charge in [-0.05, 0) is 44.7 Å². The quantitative estimate of drug-likeness (QED) is 0.852. The predicted octanol–water partition coefficient (Wildman–Crippen LogP) is 2.42. The number of rotatable bonds is 1. The van der Waals surface area contributed by atoms with Gasteiger partial charge >= 0.3 is 0 Å². The topological polar surface area (TPSA) is 49.8 Å². The van der Waals surface area contributed by atoms with Crippen molar-refractivity contribution in [3.05, 3.63) is 21.9 Å². The molecule has 2 atom stereocenters. The highest BCUT2D eigenvalue weighted by Crippen LogP contribution is 2.47. The van der Waals surface area contributed by atoms with E-state index in [1.165, 1.54) is 11.8 Å². The summed E-state index contributed by atoms with van der Waals surface area (Å²) in [4.78, 5) is 14.1. The van der Waals surface area contributed by atoms with Crippen LogP contribution in [0.25, 0.3) is 0 Å². The van der Waals surface area contributed by atoms with Crippen molar-refractivity contribution < 1.29 is 14.6 Å². The van der Waals surface area contributed by atoms with Gasteiger partial charge in [-0.1, -0.05) is 0 Å². The molecule has 1 amide bonds. The Labute approximate surface area is 111 Å². The smallest absolute Gasteiger partial charge is 0.224 e. The molecule has 0 unspecified atom stereocenters. The maximum atomic E-state index is 11.7. The van der Waals surface area contributed by atoms with E-state index in [-0.39, 0.29) is 5.91 Å². The summed E-state index contributed by atoms with van der Waals surface area (Å²) >= 11 is 1.54. The van der Waals surface area contributed by atoms with Crippen molar-refractivity contribution in [3.63, 3.8) is 0 Å². The number of thiophene rings is 1. The van der Waals surface area contributed by atoms with E-state index in [2.05, 4.69) is 0 Å². The Morgan fingerprint density at radius 2 is 2.11 bits per heavy atom. The van der Waals surface area contributed by atoms with E-state index in [1.807, 2.05) is 18.4 Å². The number of carbonyl (C=O) groups excluding carboxylic acids is 1. The minimum Gasteiger partial charge on any atom is -0.368 e. The molecule has 2 rings (SSSR count). The molecule has 1 aromatic rings. The molecule has 1 aliphatic heterocycles. The summed E-state index contributed by atoms with van der Waals surface area (Å²) in [5, 5.41) is 12.7. The molecule has 4 nitrogen and oxygen atoms in total. The molecular weight excluding hydrogens is 250 g/mol. The number of nitrogens with zero attached hydrogens (tertiary/aromatic N) is 1. The van der Waals surface area contributed by atoms with Crippen LogP contribution in [-0.4, -0.2) is 27.4 Å². The van der Waals surface area contributed by atoms with Gasteiger partial charge in [-0.25, -0.2) is 0 Å². The molecule has 0 aromatic carbocycles. The van der Waals surface area contributed by atoms with E-state index in [4.69, 9.17) is 4.74 Å². The van der Waals surface area contributed by atoms with Crippen molar-refractivity contribution in [2.45, 2.75) is 52.2 Å². The summed E-state index contributed by atoms with van der Waals surface area (Å²) in [5.41, 5.74) is -1.00. The number of aliphatic hydroxyl groups is 1. The third-order valence-corrected chi connectivity index (χ3v) is 4.31. The van der Waals surface area contributed by atoms with Crippen molar-refractivity contribution in [1.82, 2.24) is 4.90 Å². The van der Waals surface area contributed by atoms with Crippen LogP contribution in [0.3, 0.4) is 0 Å². The van der Waals surface area contributed by atoms with E-state index >= 15 is 0 Å². The monoisotopic (exact) mass is 269 g/mol. The molecule has 1 fully saturated rings. The second kappa shape index (κ2) is 4.05. The van der Waals surface area contributed by atoms with Crippen LogP contribution in [0.15, 0.2) is 11.4 Å². The average molecular weight is 269 g/mol. The Kier molecular flexibility index (Phi) is 3.04. The van der Waals surface area contributed by atoms with Crippen LogP contribution in [-0.2, 0) is 9.53 Å². The Balaban J connectivity index is 2.43. The molecule has 100 valence electrons. The molecule has 0 saturated carbocycles. The van der Waals surface area contributed by atoms with Crippen LogP contribution >= 0.6 is 11.3 Å². The first-order chi connectivity index (χ1) is 8.16. The van der Waals surface area contributed by atoms with Gasteiger partial charge in [0.1, 0.15) is 11.8 Å². The summed E-state index contributed by atoms with van der Waals surface area (Å²) in [6.07, 6.45) is -0.505. The van der Waals surface area contributed by atoms with Crippen molar-refractivity contribution >= 4 is 17.2 Å². The van der Waals surface area contributed by atoms with Gasteiger partial charge in [0, 0.05) is 11.8 Å². The van der Waals surface area contributed by atoms with Crippen LogP contribution in [0.1, 0.15) is 44.2 Å². The molecule has 0 spiro atoms. The van der Waals surface area contributed by atoms with E-state index in [0.29, 0.717) is 0 Å². The lowest BCUT2D eigenvalue weighted by atomic mass is 10.1. The van der Waals surface area contributed by atoms with Crippen LogP contribution < -0.4 is 0 Å². The van der Waals surface area contributed by atoms with Crippen LogP contribution in [0.5, 0.6) is 0 Å². The first kappa shape index (κ1) is 13.5. The minimum absolute atomic E-state index is 0.194. The third kappa shape index (κ3) is 1.96. The highest BCUT2D eigenvalue weighted by Gasteiger charge is 2.56. The first-order valence-corrected chi connectivity index (χ1v) is 6.80. The fraction of sp³-hybridized carbons (Fsp3) is 0.615. The Bertz CT molecular complexity index is 478. The largest absolute Gasteiger partial charge is 0.368 e. The summed E-state index contributed by atoms with van der Waals surface area (Å²) in [5.74, 6) is -0.194. The molecular formula is C13H19NO3S. The standard InChI is InChI=1S/C13H19NO3S/c1-8-6-10(18-7-8)11-13(5,16)14(9(2)15)12(3,4)17-11/h6-7,11,16H,1-5H3/t11-,13-/m1/s1. The van der Waals surface area contributed by atoms with Crippen LogP contribution in [0.4, 0.5) is 0 Å². The van der Waals surface area contributed by atoms with Crippen molar-refractivity contribution in [3.8, 4) is 0 Å². The van der Waals surface area contributed by atoms with Gasteiger partial charge in [-0.2, -0.15) is 0 Å². The molecule has 1 N–H and O–H groups in total. The summed E-state index contributed by atoms with van der Waals surface area (Å²) in [7, 11) is 0. The first-order valence-electron chi connectivity index (χ1n) is 5.92. The van der Waals surface area contributed by atoms with Gasteiger partial charge < -0.3 is 9.84 Å². The minimum atomic E-state index is -1.33. The molecule has 0 bridgehead atoms. The fourth-order valence-corrected chi connectivity index (χ4v) is 3.77. The van der Waals surface area contributed by atoms with Crippen molar-refractivity contribution in [1.29, 1.82) is 0 Å². The van der Waals surface area contributed by atoms with Gasteiger partial charge in [0.25, 0.3) is 0 Å². The SMILES string of the molecule is CC(=O)N1C(C)(C)O[C@H](c2cc(C)cs2)[C@@]1(C)O. The zero-order chi connectivity index (χ0) is 13.7. The third-order valence-electron chi connectivity index (χ3n) is 3.22. The van der Waals surface area contributed by atoms with Gasteiger partial charge in [0.2, 0.25) is 5.91 Å². The van der Waals surface area contributed by atoms with E-state index < -0.39 is 17.6 Å². The van der Waals surface area contributed by atoms with Gasteiger partial charge in [0.05, 0.1) is 0 Å². The molecule has 1 aromatic heterocycles. The lowest BCUT2D eigenvalue weighted by molar-refractivity contribution is -0.161. The maximum Gasteiger partial charge on any atom is 0.224 e. The van der Waals surface area contributed by atoms with Gasteiger partial charge in [-0.15, -0.1) is 11.3 Å². The Morgan fingerprint density at radius 1 is 1.50 bits per heavy atom. The number of aryl methyl sites for hydroxylation is 1. The normalized spacial score (nSPS) is 30.8. The highest BCUT2D eigenvalue weighted by atomic mass is 32.1. The number of hydrogen-bond acceptors (Lipinski definition) is 4. The molecule has 1 saturated heterocycles. The second-order valence-corrected chi connectivity index (χ2v) is 6.36. The van der Waals surface area contributed by atoms with Crippen molar-refractivity contribution in [2.24, 2.45) is 0 Å². The summed E-state index contributed by atoms with van der Waals surface area (Å²) in [6, 6.07) is 1.99. The summed E-state index contributed by atoms with van der Waals surface area (Å²) in [6.45, 7) is 8.66. The fourth-order valence-electron chi connectivity index (χ4n) is 2.73. The molecule has 0 radical (unpaired) electrons. The van der Waals surface area contributed by atoms with E-state index in [9.17, 15) is 9.90 Å². The molecule has 2 heterocycles. The maximum absolute atomic E-state index is 11.7. The molecule has 0 aliphatic carbocycles. The zero-order valence-electron chi connectivity index (χ0n) is 11.4. The molecule has 18 heavy (non-hydrogen) atoms. The van der Waals surface area contributed by atoms with Gasteiger partial charge in [-0.3, -0.25) is 9.69 Å². The van der Waals surface area contributed by atoms with Gasteiger partial charge in [0.15, 0.2) is 5.72 Å². The average Bonchev–Trinajstić information content (AvgIpc) is 2.65. The number of amides is 1. The lowest BCUT2D eigenvalue weighted by Gasteiger charge is -2.36. The lowest BCUT2D eigenvalue weighted by Crippen LogP contribution is -2.53. The Morgan fingerprint density at radius 3 is 2.50 bits per heavy atom. The van der Waals surface area contributed by atoms with Crippen molar-refractivity contribution in [2.75, 3.05) is 0 Å². The highest BCUT2D eigenvalue weighted by molar-refractivity contribution is 7.10.